The van der Waals surface area contributed by atoms with Crippen molar-refractivity contribution in [2.45, 2.75) is 19.4 Å². The van der Waals surface area contributed by atoms with E-state index in [1.807, 2.05) is 19.1 Å². The molecule has 0 aliphatic carbocycles. The Hall–Kier alpha value is -1.66. The van der Waals surface area contributed by atoms with Crippen LogP contribution in [0.25, 0.3) is 0 Å². The van der Waals surface area contributed by atoms with Gasteiger partial charge in [-0.1, -0.05) is 6.92 Å². The van der Waals surface area contributed by atoms with Crippen molar-refractivity contribution in [2.75, 3.05) is 0 Å². The molecule has 17 heavy (non-hydrogen) atoms. The number of hydrogen-bond acceptors (Lipinski definition) is 5. The van der Waals surface area contributed by atoms with Crippen molar-refractivity contribution >= 4 is 17.2 Å². The van der Waals surface area contributed by atoms with Crippen LogP contribution in [0, 0.1) is 10.1 Å². The molecule has 2 rings (SSSR count). The lowest BCUT2D eigenvalue weighted by Gasteiger charge is -2.03. The first-order valence-corrected chi connectivity index (χ1v) is 5.94. The van der Waals surface area contributed by atoms with Gasteiger partial charge >= 0.3 is 5.88 Å². The van der Waals surface area contributed by atoms with E-state index in [1.165, 1.54) is 23.5 Å². The van der Waals surface area contributed by atoms with Crippen LogP contribution in [0.5, 0.6) is 0 Å². The van der Waals surface area contributed by atoms with Gasteiger partial charge in [-0.05, 0) is 24.6 Å². The Bertz CT molecular complexity index is 531. The van der Waals surface area contributed by atoms with Gasteiger partial charge < -0.3 is 9.52 Å². The molecule has 2 aromatic rings. The van der Waals surface area contributed by atoms with E-state index in [4.69, 9.17) is 4.42 Å². The summed E-state index contributed by atoms with van der Waals surface area (Å²) >= 11 is 1.47. The quantitative estimate of drug-likeness (QED) is 0.671. The zero-order valence-electron chi connectivity index (χ0n) is 9.12. The van der Waals surface area contributed by atoms with Crippen molar-refractivity contribution in [3.05, 3.63) is 49.9 Å². The van der Waals surface area contributed by atoms with E-state index < -0.39 is 11.0 Å². The fraction of sp³-hybridized carbons (Fsp3) is 0.273. The molecule has 0 aromatic carbocycles. The van der Waals surface area contributed by atoms with Crippen LogP contribution >= 0.6 is 11.3 Å². The highest BCUT2D eigenvalue weighted by Crippen LogP contribution is 2.31. The molecule has 2 aromatic heterocycles. The van der Waals surface area contributed by atoms with Crippen LogP contribution in [0.1, 0.15) is 28.5 Å². The third-order valence-electron chi connectivity index (χ3n) is 2.36. The van der Waals surface area contributed by atoms with E-state index in [-0.39, 0.29) is 11.6 Å². The highest BCUT2D eigenvalue weighted by Gasteiger charge is 2.20. The SMILES string of the molecule is CCc1ccc(C(O)c2ccc([N+](=O)[O-])o2)s1. The molecule has 90 valence electrons. The molecule has 0 saturated carbocycles. The number of aryl methyl sites for hydroxylation is 1. The van der Waals surface area contributed by atoms with Crippen LogP contribution in [0.4, 0.5) is 5.88 Å². The van der Waals surface area contributed by atoms with E-state index in [9.17, 15) is 15.2 Å². The summed E-state index contributed by atoms with van der Waals surface area (Å²) in [5.74, 6) is -0.160. The van der Waals surface area contributed by atoms with Gasteiger partial charge in [-0.25, -0.2) is 0 Å². The lowest BCUT2D eigenvalue weighted by molar-refractivity contribution is -0.402. The minimum absolute atomic E-state index is 0.196. The van der Waals surface area contributed by atoms with Gasteiger partial charge in [0.15, 0.2) is 0 Å². The van der Waals surface area contributed by atoms with Crippen molar-refractivity contribution in [3.63, 3.8) is 0 Å². The smallest absolute Gasteiger partial charge is 0.403 e. The average molecular weight is 253 g/mol. The van der Waals surface area contributed by atoms with Gasteiger partial charge in [0, 0.05) is 9.75 Å². The van der Waals surface area contributed by atoms with Crippen molar-refractivity contribution < 1.29 is 14.4 Å². The summed E-state index contributed by atoms with van der Waals surface area (Å²) < 4.78 is 4.96. The molecule has 2 heterocycles. The summed E-state index contributed by atoms with van der Waals surface area (Å²) in [6.45, 7) is 2.03. The molecule has 0 spiro atoms. The Morgan fingerprint density at radius 2 is 2.24 bits per heavy atom. The zero-order valence-corrected chi connectivity index (χ0v) is 9.94. The van der Waals surface area contributed by atoms with E-state index in [2.05, 4.69) is 0 Å². The average Bonchev–Trinajstić information content (AvgIpc) is 2.97. The van der Waals surface area contributed by atoms with Crippen molar-refractivity contribution in [1.82, 2.24) is 0 Å². The number of nitrogens with zero attached hydrogens (tertiary/aromatic N) is 1. The fourth-order valence-corrected chi connectivity index (χ4v) is 2.41. The van der Waals surface area contributed by atoms with Gasteiger partial charge in [-0.3, -0.25) is 10.1 Å². The van der Waals surface area contributed by atoms with Gasteiger partial charge in [-0.15, -0.1) is 11.3 Å². The summed E-state index contributed by atoms with van der Waals surface area (Å²) in [4.78, 5) is 11.7. The van der Waals surface area contributed by atoms with Crippen LogP contribution < -0.4 is 0 Å². The first-order chi connectivity index (χ1) is 8.11. The predicted molar refractivity (Wildman–Crippen MR) is 63.1 cm³/mol. The summed E-state index contributed by atoms with van der Waals surface area (Å²) in [6.07, 6.45) is -0.0376. The molecule has 1 atom stereocenters. The van der Waals surface area contributed by atoms with Crippen LogP contribution in [-0.2, 0) is 6.42 Å². The van der Waals surface area contributed by atoms with Crippen molar-refractivity contribution in [3.8, 4) is 0 Å². The second-order valence-corrected chi connectivity index (χ2v) is 4.69. The maximum Gasteiger partial charge on any atom is 0.433 e. The monoisotopic (exact) mass is 253 g/mol. The molecule has 0 amide bonds. The minimum atomic E-state index is -0.936. The number of aliphatic hydroxyl groups excluding tert-OH is 1. The fourth-order valence-electron chi connectivity index (χ4n) is 1.46. The van der Waals surface area contributed by atoms with Crippen molar-refractivity contribution in [1.29, 1.82) is 0 Å². The third-order valence-corrected chi connectivity index (χ3v) is 3.64. The summed E-state index contributed by atoms with van der Waals surface area (Å²) in [5, 5.41) is 20.4. The molecule has 0 fully saturated rings. The Kier molecular flexibility index (Phi) is 3.26. The molecule has 6 heteroatoms. The Labute approximate surface area is 101 Å². The van der Waals surface area contributed by atoms with E-state index in [1.54, 1.807) is 0 Å². The van der Waals surface area contributed by atoms with Gasteiger partial charge in [0.1, 0.15) is 16.8 Å². The number of aliphatic hydroxyl groups is 1. The molecule has 0 aliphatic heterocycles. The topological polar surface area (TPSA) is 76.5 Å². The number of rotatable bonds is 4. The normalized spacial score (nSPS) is 12.6. The van der Waals surface area contributed by atoms with Gasteiger partial charge in [-0.2, -0.15) is 0 Å². The maximum absolute atomic E-state index is 10.5. The van der Waals surface area contributed by atoms with Crippen molar-refractivity contribution in [2.24, 2.45) is 0 Å². The van der Waals surface area contributed by atoms with Crippen LogP contribution in [0.15, 0.2) is 28.7 Å². The number of hydrogen-bond donors (Lipinski definition) is 1. The van der Waals surface area contributed by atoms with Gasteiger partial charge in [0.25, 0.3) is 0 Å². The summed E-state index contributed by atoms with van der Waals surface area (Å²) in [5.41, 5.74) is 0. The number of thiophene rings is 1. The Morgan fingerprint density at radius 1 is 1.47 bits per heavy atom. The van der Waals surface area contributed by atoms with Gasteiger partial charge in [0.2, 0.25) is 0 Å². The first-order valence-electron chi connectivity index (χ1n) is 5.12. The molecule has 0 saturated heterocycles. The summed E-state index contributed by atoms with van der Waals surface area (Å²) in [6, 6.07) is 6.41. The highest BCUT2D eigenvalue weighted by molar-refractivity contribution is 7.12. The zero-order chi connectivity index (χ0) is 12.4. The van der Waals surface area contributed by atoms with Crippen LogP contribution in [0.2, 0.25) is 0 Å². The highest BCUT2D eigenvalue weighted by atomic mass is 32.1. The standard InChI is InChI=1S/C11H11NO4S/c1-2-7-3-5-9(17-7)11(13)8-4-6-10(16-8)12(14)15/h3-6,11,13H,2H2,1H3. The Balaban J connectivity index is 2.23. The first kappa shape index (κ1) is 11.8. The number of furan rings is 1. The minimum Gasteiger partial charge on any atom is -0.403 e. The molecule has 0 radical (unpaired) electrons. The molecular weight excluding hydrogens is 242 g/mol. The lowest BCUT2D eigenvalue weighted by Crippen LogP contribution is -1.94. The molecule has 1 unspecified atom stereocenters. The van der Waals surface area contributed by atoms with E-state index in [0.29, 0.717) is 0 Å². The summed E-state index contributed by atoms with van der Waals surface area (Å²) in [7, 11) is 0. The van der Waals surface area contributed by atoms with E-state index >= 15 is 0 Å². The second-order valence-electron chi connectivity index (χ2n) is 3.49. The lowest BCUT2D eigenvalue weighted by atomic mass is 10.2. The third kappa shape index (κ3) is 2.37. The maximum atomic E-state index is 10.5. The van der Waals surface area contributed by atoms with Crippen LogP contribution in [-0.4, -0.2) is 10.0 Å². The predicted octanol–water partition coefficient (Wildman–Crippen LogP) is 2.89. The molecule has 5 nitrogen and oxygen atoms in total. The Morgan fingerprint density at radius 3 is 2.76 bits per heavy atom. The van der Waals surface area contributed by atoms with Crippen LogP contribution in [0.3, 0.4) is 0 Å². The van der Waals surface area contributed by atoms with Gasteiger partial charge in [0.05, 0.1) is 6.07 Å². The molecule has 0 aliphatic rings. The molecular formula is C11H11NO4S. The second kappa shape index (κ2) is 4.68. The molecule has 1 N–H and O–H groups in total. The number of nitro groups is 1. The van der Waals surface area contributed by atoms with E-state index in [0.717, 1.165) is 16.2 Å². The molecule has 0 bridgehead atoms. The largest absolute Gasteiger partial charge is 0.433 e.